The van der Waals surface area contributed by atoms with Gasteiger partial charge in [0, 0.05) is 5.02 Å². The highest BCUT2D eigenvalue weighted by atomic mass is 35.5. The zero-order valence-electron chi connectivity index (χ0n) is 18.6. The molecule has 1 amide bonds. The fourth-order valence-corrected chi connectivity index (χ4v) is 4.50. The van der Waals surface area contributed by atoms with Crippen LogP contribution < -0.4 is 14.8 Å². The Hall–Kier alpha value is -2.93. The summed E-state index contributed by atoms with van der Waals surface area (Å²) in [6.07, 6.45) is 1.76. The van der Waals surface area contributed by atoms with E-state index in [1.165, 1.54) is 11.8 Å². The molecule has 1 heterocycles. The van der Waals surface area contributed by atoms with Gasteiger partial charge in [-0.1, -0.05) is 47.5 Å². The minimum absolute atomic E-state index is 0.214. The van der Waals surface area contributed by atoms with Crippen LogP contribution in [0.2, 0.25) is 10.0 Å². The Morgan fingerprint density at radius 1 is 1.06 bits per heavy atom. The maximum absolute atomic E-state index is 12.5. The van der Waals surface area contributed by atoms with Crippen LogP contribution in [-0.2, 0) is 11.4 Å². The molecule has 174 valence electrons. The van der Waals surface area contributed by atoms with E-state index >= 15 is 0 Å². The van der Waals surface area contributed by atoms with Crippen LogP contribution in [0, 0.1) is 6.92 Å². The lowest BCUT2D eigenvalue weighted by molar-refractivity contribution is -0.115. The number of nitrogens with zero attached hydrogens (tertiary/aromatic N) is 1. The summed E-state index contributed by atoms with van der Waals surface area (Å²) in [5, 5.41) is 4.39. The summed E-state index contributed by atoms with van der Waals surface area (Å²) in [6.45, 7) is 4.64. The van der Waals surface area contributed by atoms with Crippen molar-refractivity contribution in [2.45, 2.75) is 20.5 Å². The second kappa shape index (κ2) is 11.0. The van der Waals surface area contributed by atoms with Gasteiger partial charge in [-0.05, 0) is 84.8 Å². The molecule has 3 aromatic carbocycles. The molecular weight excluding hydrogens is 491 g/mol. The molecule has 0 saturated carbocycles. The molecule has 1 N–H and O–H groups in total. The number of hydrogen-bond donors (Lipinski definition) is 1. The molecular formula is C26H22Cl2N2O3S. The smallest absolute Gasteiger partial charge is 0.264 e. The van der Waals surface area contributed by atoms with Gasteiger partial charge in [0.05, 0.1) is 22.2 Å². The second-order valence-corrected chi connectivity index (χ2v) is 9.37. The number of aryl methyl sites for hydroxylation is 1. The third-order valence-corrected chi connectivity index (χ3v) is 6.25. The molecule has 0 unspecified atom stereocenters. The first-order valence-corrected chi connectivity index (χ1v) is 12.2. The van der Waals surface area contributed by atoms with Crippen molar-refractivity contribution in [2.24, 2.45) is 4.99 Å². The molecule has 0 spiro atoms. The van der Waals surface area contributed by atoms with Gasteiger partial charge >= 0.3 is 0 Å². The zero-order valence-corrected chi connectivity index (χ0v) is 20.9. The normalized spacial score (nSPS) is 15.6. The number of aliphatic imine (C=N–C) groups is 1. The number of amides is 1. The Labute approximate surface area is 212 Å². The molecule has 1 fully saturated rings. The van der Waals surface area contributed by atoms with Crippen molar-refractivity contribution >= 4 is 57.8 Å². The van der Waals surface area contributed by atoms with E-state index in [1.807, 2.05) is 56.3 Å². The van der Waals surface area contributed by atoms with E-state index in [-0.39, 0.29) is 5.91 Å². The van der Waals surface area contributed by atoms with E-state index in [2.05, 4.69) is 10.3 Å². The zero-order chi connectivity index (χ0) is 24.1. The molecule has 8 heteroatoms. The lowest BCUT2D eigenvalue weighted by atomic mass is 10.1. The molecule has 34 heavy (non-hydrogen) atoms. The number of ether oxygens (including phenoxy) is 2. The summed E-state index contributed by atoms with van der Waals surface area (Å²) in [4.78, 5) is 17.6. The molecule has 0 radical (unpaired) electrons. The molecule has 1 aliphatic rings. The topological polar surface area (TPSA) is 59.9 Å². The van der Waals surface area contributed by atoms with Crippen LogP contribution in [0.25, 0.3) is 6.08 Å². The third-order valence-electron chi connectivity index (χ3n) is 4.81. The van der Waals surface area contributed by atoms with Crippen LogP contribution in [0.1, 0.15) is 23.6 Å². The van der Waals surface area contributed by atoms with Gasteiger partial charge in [0.15, 0.2) is 16.7 Å². The van der Waals surface area contributed by atoms with Crippen molar-refractivity contribution in [1.82, 2.24) is 5.32 Å². The Morgan fingerprint density at radius 3 is 2.59 bits per heavy atom. The Balaban J connectivity index is 1.55. The molecule has 1 saturated heterocycles. The lowest BCUT2D eigenvalue weighted by Crippen LogP contribution is -2.19. The summed E-state index contributed by atoms with van der Waals surface area (Å²) < 4.78 is 11.7. The Bertz CT molecular complexity index is 1270. The Kier molecular flexibility index (Phi) is 7.83. The minimum atomic E-state index is -0.214. The Morgan fingerprint density at radius 2 is 1.85 bits per heavy atom. The standard InChI is InChI=1S/C26H22Cl2N2O3S/c1-3-32-22-13-18(12-21(28)24(22)33-15-17-7-9-19(27)10-8-17)14-23-25(31)30-26(34-23)29-20-6-4-5-16(2)11-20/h4-14H,3,15H2,1-2H3,(H,29,30,31)/b23-14-. The predicted molar refractivity (Wildman–Crippen MR) is 140 cm³/mol. The number of hydrogen-bond acceptors (Lipinski definition) is 5. The average Bonchev–Trinajstić information content (AvgIpc) is 3.13. The van der Waals surface area contributed by atoms with Crippen LogP contribution >= 0.6 is 35.0 Å². The molecule has 4 rings (SSSR count). The maximum atomic E-state index is 12.5. The van der Waals surface area contributed by atoms with Gasteiger partial charge in [0.1, 0.15) is 6.61 Å². The SMILES string of the molecule is CCOc1cc(/C=C2\SC(=Nc3cccc(C)c3)NC2=O)cc(Cl)c1OCc1ccc(Cl)cc1. The lowest BCUT2D eigenvalue weighted by Gasteiger charge is -2.15. The molecule has 3 aromatic rings. The summed E-state index contributed by atoms with van der Waals surface area (Å²) in [5.41, 5.74) is 3.56. The van der Waals surface area contributed by atoms with Crippen molar-refractivity contribution in [1.29, 1.82) is 0 Å². The third kappa shape index (κ3) is 6.14. The highest BCUT2D eigenvalue weighted by molar-refractivity contribution is 8.18. The fourth-order valence-electron chi connectivity index (χ4n) is 3.26. The number of amidine groups is 1. The monoisotopic (exact) mass is 512 g/mol. The summed E-state index contributed by atoms with van der Waals surface area (Å²) in [5.74, 6) is 0.743. The van der Waals surface area contributed by atoms with Gasteiger partial charge in [-0.25, -0.2) is 4.99 Å². The van der Waals surface area contributed by atoms with Gasteiger partial charge in [-0.2, -0.15) is 0 Å². The van der Waals surface area contributed by atoms with Gasteiger partial charge in [-0.3, -0.25) is 4.79 Å². The number of nitrogens with one attached hydrogen (secondary N) is 1. The van der Waals surface area contributed by atoms with Crippen molar-refractivity contribution in [2.75, 3.05) is 6.61 Å². The highest BCUT2D eigenvalue weighted by Crippen LogP contribution is 2.39. The van der Waals surface area contributed by atoms with E-state index in [1.54, 1.807) is 24.3 Å². The highest BCUT2D eigenvalue weighted by Gasteiger charge is 2.24. The average molecular weight is 513 g/mol. The quantitative estimate of drug-likeness (QED) is 0.340. The van der Waals surface area contributed by atoms with Gasteiger partial charge in [-0.15, -0.1) is 0 Å². The molecule has 0 aliphatic carbocycles. The van der Waals surface area contributed by atoms with Crippen LogP contribution in [0.5, 0.6) is 11.5 Å². The van der Waals surface area contributed by atoms with Crippen molar-refractivity contribution < 1.29 is 14.3 Å². The molecule has 1 aliphatic heterocycles. The molecule has 0 bridgehead atoms. The first-order chi connectivity index (χ1) is 16.4. The number of halogens is 2. The van der Waals surface area contributed by atoms with Gasteiger partial charge < -0.3 is 14.8 Å². The second-order valence-electron chi connectivity index (χ2n) is 7.50. The largest absolute Gasteiger partial charge is 0.490 e. The van der Waals surface area contributed by atoms with Crippen molar-refractivity contribution in [3.8, 4) is 11.5 Å². The first-order valence-electron chi connectivity index (χ1n) is 10.6. The fraction of sp³-hybridized carbons (Fsp3) is 0.154. The van der Waals surface area contributed by atoms with E-state index in [0.717, 1.165) is 22.4 Å². The predicted octanol–water partition coefficient (Wildman–Crippen LogP) is 7.17. The molecule has 5 nitrogen and oxygen atoms in total. The van der Waals surface area contributed by atoms with Crippen LogP contribution in [-0.4, -0.2) is 17.7 Å². The van der Waals surface area contributed by atoms with Gasteiger partial charge in [0.25, 0.3) is 5.91 Å². The van der Waals surface area contributed by atoms with Crippen molar-refractivity contribution in [3.05, 3.63) is 92.3 Å². The number of carbonyl (C=O) groups excluding carboxylic acids is 1. The number of rotatable bonds is 7. The number of carbonyl (C=O) groups is 1. The van der Waals surface area contributed by atoms with Crippen LogP contribution in [0.3, 0.4) is 0 Å². The summed E-state index contributed by atoms with van der Waals surface area (Å²) in [7, 11) is 0. The molecule has 0 atom stereocenters. The van der Waals surface area contributed by atoms with E-state index in [0.29, 0.717) is 44.8 Å². The van der Waals surface area contributed by atoms with E-state index < -0.39 is 0 Å². The minimum Gasteiger partial charge on any atom is -0.490 e. The molecule has 0 aromatic heterocycles. The number of thioether (sulfide) groups is 1. The van der Waals surface area contributed by atoms with Crippen LogP contribution in [0.15, 0.2) is 70.6 Å². The van der Waals surface area contributed by atoms with Crippen LogP contribution in [0.4, 0.5) is 5.69 Å². The number of benzene rings is 3. The van der Waals surface area contributed by atoms with E-state index in [4.69, 9.17) is 32.7 Å². The summed E-state index contributed by atoms with van der Waals surface area (Å²) >= 11 is 13.8. The maximum Gasteiger partial charge on any atom is 0.264 e. The van der Waals surface area contributed by atoms with E-state index in [9.17, 15) is 4.79 Å². The van der Waals surface area contributed by atoms with Gasteiger partial charge in [0.2, 0.25) is 0 Å². The first kappa shape index (κ1) is 24.2. The summed E-state index contributed by atoms with van der Waals surface area (Å²) in [6, 6.07) is 18.7. The van der Waals surface area contributed by atoms with Crippen molar-refractivity contribution in [3.63, 3.8) is 0 Å².